The Hall–Kier alpha value is -2.62. The van der Waals surface area contributed by atoms with Gasteiger partial charge in [0.15, 0.2) is 5.78 Å². The number of ether oxygens (including phenoxy) is 1. The highest BCUT2D eigenvalue weighted by Crippen LogP contribution is 2.34. The van der Waals surface area contributed by atoms with E-state index in [0.717, 1.165) is 16.9 Å². The van der Waals surface area contributed by atoms with E-state index in [2.05, 4.69) is 5.32 Å². The van der Waals surface area contributed by atoms with Crippen LogP contribution in [-0.2, 0) is 5.54 Å². The molecule has 3 rings (SSSR count). The van der Waals surface area contributed by atoms with Crippen LogP contribution < -0.4 is 10.1 Å². The van der Waals surface area contributed by atoms with E-state index in [-0.39, 0.29) is 18.1 Å². The molecule has 0 fully saturated rings. The van der Waals surface area contributed by atoms with Crippen molar-refractivity contribution in [2.45, 2.75) is 25.8 Å². The number of rotatable bonds is 4. The SMILES string of the molecule is COc1ccc(C(=O)CC2(C)NC(=O)c3ccccc32)cc1C. The van der Waals surface area contributed by atoms with Crippen molar-refractivity contribution in [3.05, 3.63) is 64.7 Å². The summed E-state index contributed by atoms with van der Waals surface area (Å²) >= 11 is 0. The largest absolute Gasteiger partial charge is 0.496 e. The molecule has 1 aliphatic heterocycles. The first kappa shape index (κ1) is 15.3. The first-order valence-corrected chi connectivity index (χ1v) is 7.54. The zero-order chi connectivity index (χ0) is 16.6. The lowest BCUT2D eigenvalue weighted by atomic mass is 9.86. The van der Waals surface area contributed by atoms with Crippen LogP contribution in [0.25, 0.3) is 0 Å². The average Bonchev–Trinajstić information content (AvgIpc) is 2.78. The van der Waals surface area contributed by atoms with E-state index in [1.807, 2.05) is 38.1 Å². The van der Waals surface area contributed by atoms with Gasteiger partial charge in [-0.15, -0.1) is 0 Å². The van der Waals surface area contributed by atoms with Gasteiger partial charge >= 0.3 is 0 Å². The van der Waals surface area contributed by atoms with Crippen molar-refractivity contribution < 1.29 is 14.3 Å². The molecule has 4 nitrogen and oxygen atoms in total. The van der Waals surface area contributed by atoms with E-state index in [1.165, 1.54) is 0 Å². The van der Waals surface area contributed by atoms with E-state index in [0.29, 0.717) is 11.1 Å². The minimum absolute atomic E-state index is 0.00439. The predicted octanol–water partition coefficient (Wildman–Crippen LogP) is 3.24. The average molecular weight is 309 g/mol. The first-order valence-electron chi connectivity index (χ1n) is 7.54. The molecule has 1 unspecified atom stereocenters. The Balaban J connectivity index is 1.89. The van der Waals surface area contributed by atoms with Gasteiger partial charge in [0.05, 0.1) is 12.6 Å². The number of hydrogen-bond acceptors (Lipinski definition) is 3. The van der Waals surface area contributed by atoms with E-state index in [1.54, 1.807) is 25.3 Å². The van der Waals surface area contributed by atoms with Gasteiger partial charge in [-0.25, -0.2) is 0 Å². The van der Waals surface area contributed by atoms with Gasteiger partial charge in [0.2, 0.25) is 0 Å². The summed E-state index contributed by atoms with van der Waals surface area (Å²) in [4.78, 5) is 24.8. The zero-order valence-corrected chi connectivity index (χ0v) is 13.5. The molecule has 118 valence electrons. The lowest BCUT2D eigenvalue weighted by molar-refractivity contribution is 0.0894. The Bertz CT molecular complexity index is 797. The second kappa shape index (κ2) is 5.54. The van der Waals surface area contributed by atoms with Crippen LogP contribution in [0.15, 0.2) is 42.5 Å². The minimum Gasteiger partial charge on any atom is -0.496 e. The number of Topliss-reactive ketones (excluding diaryl/α,β-unsaturated/α-hetero) is 1. The molecule has 1 atom stereocenters. The number of benzene rings is 2. The van der Waals surface area contributed by atoms with Gasteiger partial charge in [-0.1, -0.05) is 18.2 Å². The van der Waals surface area contributed by atoms with Crippen LogP contribution in [-0.4, -0.2) is 18.8 Å². The monoisotopic (exact) mass is 309 g/mol. The molecule has 0 radical (unpaired) electrons. The van der Waals surface area contributed by atoms with Gasteiger partial charge in [0.25, 0.3) is 5.91 Å². The molecule has 0 aromatic heterocycles. The van der Waals surface area contributed by atoms with Gasteiger partial charge in [-0.3, -0.25) is 9.59 Å². The van der Waals surface area contributed by atoms with E-state index in [9.17, 15) is 9.59 Å². The molecule has 1 heterocycles. The molecule has 0 bridgehead atoms. The van der Waals surface area contributed by atoms with Gasteiger partial charge in [-0.05, 0) is 49.2 Å². The molecule has 1 amide bonds. The van der Waals surface area contributed by atoms with Crippen LogP contribution in [0.2, 0.25) is 0 Å². The van der Waals surface area contributed by atoms with Crippen LogP contribution in [0.4, 0.5) is 0 Å². The van der Waals surface area contributed by atoms with Crippen molar-refractivity contribution >= 4 is 11.7 Å². The normalized spacial score (nSPS) is 19.2. The Morgan fingerprint density at radius 1 is 1.22 bits per heavy atom. The maximum absolute atomic E-state index is 12.7. The molecule has 0 spiro atoms. The highest BCUT2D eigenvalue weighted by atomic mass is 16.5. The maximum Gasteiger partial charge on any atom is 0.252 e. The molecule has 2 aromatic carbocycles. The number of hydrogen-bond donors (Lipinski definition) is 1. The molecule has 0 aliphatic carbocycles. The van der Waals surface area contributed by atoms with Crippen LogP contribution >= 0.6 is 0 Å². The fraction of sp³-hybridized carbons (Fsp3) is 0.263. The quantitative estimate of drug-likeness (QED) is 0.882. The number of carbonyl (C=O) groups excluding carboxylic acids is 2. The molecule has 0 saturated heterocycles. The summed E-state index contributed by atoms with van der Waals surface area (Å²) in [6.45, 7) is 3.80. The molecule has 4 heteroatoms. The summed E-state index contributed by atoms with van der Waals surface area (Å²) in [5.74, 6) is 0.629. The van der Waals surface area contributed by atoms with Crippen molar-refractivity contribution in [3.63, 3.8) is 0 Å². The number of nitrogens with one attached hydrogen (secondary N) is 1. The number of amides is 1. The number of fused-ring (bicyclic) bond motifs is 1. The lowest BCUT2D eigenvalue weighted by Crippen LogP contribution is -2.38. The van der Waals surface area contributed by atoms with Crippen molar-refractivity contribution in [2.75, 3.05) is 7.11 Å². The molecule has 1 aliphatic rings. The molecular formula is C19H19NO3. The van der Waals surface area contributed by atoms with Gasteiger partial charge < -0.3 is 10.1 Å². The summed E-state index contributed by atoms with van der Waals surface area (Å²) in [5, 5.41) is 2.95. The molecule has 23 heavy (non-hydrogen) atoms. The second-order valence-corrected chi connectivity index (χ2v) is 6.12. The molecular weight excluding hydrogens is 290 g/mol. The third-order valence-electron chi connectivity index (χ3n) is 4.39. The Kier molecular flexibility index (Phi) is 3.68. The topological polar surface area (TPSA) is 55.4 Å². The van der Waals surface area contributed by atoms with E-state index in [4.69, 9.17) is 4.74 Å². The fourth-order valence-corrected chi connectivity index (χ4v) is 3.16. The minimum atomic E-state index is -0.668. The highest BCUT2D eigenvalue weighted by molar-refractivity contribution is 6.03. The van der Waals surface area contributed by atoms with Crippen LogP contribution in [0, 0.1) is 6.92 Å². The first-order chi connectivity index (χ1) is 10.9. The summed E-state index contributed by atoms with van der Waals surface area (Å²) in [7, 11) is 1.61. The smallest absolute Gasteiger partial charge is 0.252 e. The Morgan fingerprint density at radius 2 is 1.96 bits per heavy atom. The highest BCUT2D eigenvalue weighted by Gasteiger charge is 2.40. The van der Waals surface area contributed by atoms with Gasteiger partial charge in [0, 0.05) is 17.5 Å². The second-order valence-electron chi connectivity index (χ2n) is 6.12. The van der Waals surface area contributed by atoms with Crippen molar-refractivity contribution in [3.8, 4) is 5.75 Å². The summed E-state index contributed by atoms with van der Waals surface area (Å²) in [6, 6.07) is 12.8. The summed E-state index contributed by atoms with van der Waals surface area (Å²) in [6.07, 6.45) is 0.224. The maximum atomic E-state index is 12.7. The van der Waals surface area contributed by atoms with E-state index < -0.39 is 5.54 Å². The Labute approximate surface area is 135 Å². The standard InChI is InChI=1S/C19H19NO3/c1-12-10-13(8-9-17(12)23-3)16(21)11-19(2)15-7-5-4-6-14(15)18(22)20-19/h4-10H,11H2,1-3H3,(H,20,22). The van der Waals surface area contributed by atoms with Crippen LogP contribution in [0.1, 0.15) is 45.2 Å². The number of aryl methyl sites for hydroxylation is 1. The third-order valence-corrected chi connectivity index (χ3v) is 4.39. The van der Waals surface area contributed by atoms with Gasteiger partial charge in [-0.2, -0.15) is 0 Å². The lowest BCUT2D eigenvalue weighted by Gasteiger charge is -2.25. The third kappa shape index (κ3) is 2.61. The summed E-state index contributed by atoms with van der Waals surface area (Å²) in [5.41, 5.74) is 2.40. The molecule has 0 saturated carbocycles. The van der Waals surface area contributed by atoms with Crippen LogP contribution in [0.3, 0.4) is 0 Å². The van der Waals surface area contributed by atoms with Crippen LogP contribution in [0.5, 0.6) is 5.75 Å². The number of methoxy groups -OCH3 is 1. The zero-order valence-electron chi connectivity index (χ0n) is 13.5. The molecule has 2 aromatic rings. The Morgan fingerprint density at radius 3 is 2.65 bits per heavy atom. The predicted molar refractivity (Wildman–Crippen MR) is 87.9 cm³/mol. The fourth-order valence-electron chi connectivity index (χ4n) is 3.16. The van der Waals surface area contributed by atoms with Crippen molar-refractivity contribution in [1.82, 2.24) is 5.32 Å². The molecule has 1 N–H and O–H groups in total. The van der Waals surface area contributed by atoms with Gasteiger partial charge in [0.1, 0.15) is 5.75 Å². The number of ketones is 1. The van der Waals surface area contributed by atoms with E-state index >= 15 is 0 Å². The number of carbonyl (C=O) groups is 2. The van der Waals surface area contributed by atoms with Crippen molar-refractivity contribution in [2.24, 2.45) is 0 Å². The van der Waals surface area contributed by atoms with Crippen molar-refractivity contribution in [1.29, 1.82) is 0 Å². The summed E-state index contributed by atoms with van der Waals surface area (Å²) < 4.78 is 5.23.